The first-order chi connectivity index (χ1) is 10.0. The number of nitrogens with one attached hydrogen (secondary N) is 1. The molecule has 1 unspecified atom stereocenters. The second-order valence-electron chi connectivity index (χ2n) is 5.41. The highest BCUT2D eigenvalue weighted by Gasteiger charge is 2.15. The molecule has 0 aliphatic rings. The zero-order valence-corrected chi connectivity index (χ0v) is 13.7. The maximum Gasteiger partial charge on any atom is 0.123 e. The Kier molecular flexibility index (Phi) is 5.27. The van der Waals surface area contributed by atoms with Crippen LogP contribution in [0.4, 0.5) is 0 Å². The highest BCUT2D eigenvalue weighted by Crippen LogP contribution is 2.28. The predicted octanol–water partition coefficient (Wildman–Crippen LogP) is 5.07. The van der Waals surface area contributed by atoms with E-state index in [2.05, 4.69) is 44.3 Å². The van der Waals surface area contributed by atoms with Crippen molar-refractivity contribution in [2.24, 2.45) is 0 Å². The fraction of sp³-hybridized carbons (Fsp3) is 0.333. The molecule has 2 atom stereocenters. The second-order valence-corrected chi connectivity index (χ2v) is 5.85. The summed E-state index contributed by atoms with van der Waals surface area (Å²) in [6.07, 6.45) is 0. The minimum Gasteiger partial charge on any atom is -0.496 e. The Morgan fingerprint density at radius 1 is 1.05 bits per heavy atom. The quantitative estimate of drug-likeness (QED) is 0.832. The van der Waals surface area contributed by atoms with Crippen molar-refractivity contribution in [3.8, 4) is 5.75 Å². The number of aryl methyl sites for hydroxylation is 1. The third-order valence-corrected chi connectivity index (χ3v) is 3.94. The van der Waals surface area contributed by atoms with Crippen molar-refractivity contribution in [2.75, 3.05) is 7.11 Å². The van der Waals surface area contributed by atoms with Gasteiger partial charge in [0.2, 0.25) is 0 Å². The summed E-state index contributed by atoms with van der Waals surface area (Å²) >= 11 is 6.06. The molecule has 2 aromatic rings. The van der Waals surface area contributed by atoms with Crippen LogP contribution < -0.4 is 10.1 Å². The number of hydrogen-bond acceptors (Lipinski definition) is 2. The van der Waals surface area contributed by atoms with E-state index in [0.29, 0.717) is 0 Å². The summed E-state index contributed by atoms with van der Waals surface area (Å²) in [6.45, 7) is 6.39. The van der Waals surface area contributed by atoms with Gasteiger partial charge < -0.3 is 10.1 Å². The van der Waals surface area contributed by atoms with Gasteiger partial charge in [0, 0.05) is 22.7 Å². The van der Waals surface area contributed by atoms with E-state index in [4.69, 9.17) is 16.3 Å². The molecule has 0 fully saturated rings. The highest BCUT2D eigenvalue weighted by atomic mass is 35.5. The molecule has 0 bridgehead atoms. The van der Waals surface area contributed by atoms with Crippen molar-refractivity contribution in [1.29, 1.82) is 0 Å². The molecule has 2 aromatic carbocycles. The molecular weight excluding hydrogens is 282 g/mol. The average Bonchev–Trinajstić information content (AvgIpc) is 2.47. The lowest BCUT2D eigenvalue weighted by atomic mass is 10.0. The molecule has 112 valence electrons. The molecule has 0 spiro atoms. The van der Waals surface area contributed by atoms with Crippen LogP contribution in [0.3, 0.4) is 0 Å². The van der Waals surface area contributed by atoms with Gasteiger partial charge in [-0.1, -0.05) is 41.4 Å². The summed E-state index contributed by atoms with van der Waals surface area (Å²) in [4.78, 5) is 0. The Hall–Kier alpha value is -1.51. The Labute approximate surface area is 132 Å². The average molecular weight is 304 g/mol. The number of rotatable bonds is 5. The van der Waals surface area contributed by atoms with Gasteiger partial charge in [0.1, 0.15) is 5.75 Å². The molecule has 2 rings (SSSR count). The Balaban J connectivity index is 2.17. The summed E-state index contributed by atoms with van der Waals surface area (Å²) < 4.78 is 5.47. The highest BCUT2D eigenvalue weighted by molar-refractivity contribution is 6.30. The molecule has 0 aromatic heterocycles. The van der Waals surface area contributed by atoms with Gasteiger partial charge in [-0.25, -0.2) is 0 Å². The van der Waals surface area contributed by atoms with E-state index in [9.17, 15) is 0 Å². The number of methoxy groups -OCH3 is 1. The third kappa shape index (κ3) is 3.99. The summed E-state index contributed by atoms with van der Waals surface area (Å²) in [7, 11) is 1.71. The van der Waals surface area contributed by atoms with Gasteiger partial charge in [-0.3, -0.25) is 0 Å². The van der Waals surface area contributed by atoms with E-state index in [-0.39, 0.29) is 12.1 Å². The van der Waals surface area contributed by atoms with E-state index in [1.165, 1.54) is 16.7 Å². The zero-order valence-electron chi connectivity index (χ0n) is 13.0. The van der Waals surface area contributed by atoms with Crippen molar-refractivity contribution >= 4 is 11.6 Å². The lowest BCUT2D eigenvalue weighted by Gasteiger charge is -2.23. The van der Waals surface area contributed by atoms with Gasteiger partial charge in [-0.15, -0.1) is 0 Å². The van der Waals surface area contributed by atoms with Crippen LogP contribution in [0.5, 0.6) is 5.75 Å². The van der Waals surface area contributed by atoms with Crippen molar-refractivity contribution < 1.29 is 4.74 Å². The first-order valence-corrected chi connectivity index (χ1v) is 7.55. The zero-order chi connectivity index (χ0) is 15.4. The lowest BCUT2D eigenvalue weighted by molar-refractivity contribution is 0.396. The van der Waals surface area contributed by atoms with Gasteiger partial charge in [0.15, 0.2) is 0 Å². The van der Waals surface area contributed by atoms with Crippen LogP contribution in [0.25, 0.3) is 0 Å². The van der Waals surface area contributed by atoms with E-state index < -0.39 is 0 Å². The molecule has 0 saturated heterocycles. The summed E-state index contributed by atoms with van der Waals surface area (Å²) in [5, 5.41) is 4.37. The number of hydrogen-bond donors (Lipinski definition) is 1. The maximum atomic E-state index is 6.06. The molecule has 21 heavy (non-hydrogen) atoms. The summed E-state index contributed by atoms with van der Waals surface area (Å²) in [5.74, 6) is 0.916. The largest absolute Gasteiger partial charge is 0.496 e. The third-order valence-electron chi connectivity index (χ3n) is 3.70. The molecule has 2 nitrogen and oxygen atoms in total. The van der Waals surface area contributed by atoms with E-state index in [0.717, 1.165) is 10.8 Å². The smallest absolute Gasteiger partial charge is 0.123 e. The van der Waals surface area contributed by atoms with Gasteiger partial charge >= 0.3 is 0 Å². The Morgan fingerprint density at radius 2 is 1.81 bits per heavy atom. The molecule has 0 radical (unpaired) electrons. The number of halogens is 1. The SMILES string of the molecule is COc1ccc(C)cc1C(C)N[C@H](C)c1cccc(Cl)c1. The van der Waals surface area contributed by atoms with E-state index in [1.54, 1.807) is 7.11 Å². The van der Waals surface area contributed by atoms with Gasteiger partial charge in [-0.05, 0) is 44.5 Å². The molecule has 0 amide bonds. The van der Waals surface area contributed by atoms with Crippen molar-refractivity contribution in [1.82, 2.24) is 5.32 Å². The topological polar surface area (TPSA) is 21.3 Å². The molecule has 0 aliphatic heterocycles. The fourth-order valence-electron chi connectivity index (χ4n) is 2.53. The summed E-state index contributed by atoms with van der Waals surface area (Å²) in [5.41, 5.74) is 3.59. The van der Waals surface area contributed by atoms with Gasteiger partial charge in [-0.2, -0.15) is 0 Å². The van der Waals surface area contributed by atoms with Crippen LogP contribution in [0.1, 0.15) is 42.6 Å². The monoisotopic (exact) mass is 303 g/mol. The molecule has 0 saturated carbocycles. The summed E-state index contributed by atoms with van der Waals surface area (Å²) in [6, 6.07) is 14.6. The molecule has 0 heterocycles. The molecule has 0 aliphatic carbocycles. The van der Waals surface area contributed by atoms with Crippen LogP contribution in [0.15, 0.2) is 42.5 Å². The molecular formula is C18H22ClNO. The molecule has 3 heteroatoms. The maximum absolute atomic E-state index is 6.06. The standard InChI is InChI=1S/C18H22ClNO/c1-12-8-9-18(21-4)17(10-12)14(3)20-13(2)15-6-5-7-16(19)11-15/h5-11,13-14,20H,1-4H3/t13-,14?/m1/s1. The van der Waals surface area contributed by atoms with Crippen molar-refractivity contribution in [3.05, 3.63) is 64.2 Å². The minimum atomic E-state index is 0.189. The normalized spacial score (nSPS) is 13.8. The minimum absolute atomic E-state index is 0.189. The van der Waals surface area contributed by atoms with Crippen molar-refractivity contribution in [3.63, 3.8) is 0 Å². The van der Waals surface area contributed by atoms with E-state index >= 15 is 0 Å². The second kappa shape index (κ2) is 6.97. The van der Waals surface area contributed by atoms with Crippen LogP contribution in [-0.2, 0) is 0 Å². The molecule has 1 N–H and O–H groups in total. The lowest BCUT2D eigenvalue weighted by Crippen LogP contribution is -2.23. The van der Waals surface area contributed by atoms with Crippen LogP contribution in [-0.4, -0.2) is 7.11 Å². The predicted molar refractivity (Wildman–Crippen MR) is 89.1 cm³/mol. The number of benzene rings is 2. The van der Waals surface area contributed by atoms with Crippen LogP contribution in [0.2, 0.25) is 5.02 Å². The Morgan fingerprint density at radius 3 is 2.48 bits per heavy atom. The van der Waals surface area contributed by atoms with Gasteiger partial charge in [0.25, 0.3) is 0 Å². The first-order valence-electron chi connectivity index (χ1n) is 7.17. The fourth-order valence-corrected chi connectivity index (χ4v) is 2.73. The Bertz CT molecular complexity index is 612. The number of ether oxygens (including phenoxy) is 1. The van der Waals surface area contributed by atoms with E-state index in [1.807, 2.05) is 24.3 Å². The van der Waals surface area contributed by atoms with Gasteiger partial charge in [0.05, 0.1) is 7.11 Å². The van der Waals surface area contributed by atoms with Crippen LogP contribution >= 0.6 is 11.6 Å². The van der Waals surface area contributed by atoms with Crippen LogP contribution in [0, 0.1) is 6.92 Å². The van der Waals surface area contributed by atoms with Crippen molar-refractivity contribution in [2.45, 2.75) is 32.9 Å². The first kappa shape index (κ1) is 15.9.